The Morgan fingerprint density at radius 2 is 2.47 bits per heavy atom. The second-order valence-corrected chi connectivity index (χ2v) is 4.09. The lowest BCUT2D eigenvalue weighted by molar-refractivity contribution is -0.131. The van der Waals surface area contributed by atoms with Crippen LogP contribution in [0.4, 0.5) is 0 Å². The maximum atomic E-state index is 5.56. The SMILES string of the molecule is CCOC1CC(NCCc2ncon2)C1OC. The molecule has 1 aromatic heterocycles. The third-order valence-electron chi connectivity index (χ3n) is 3.06. The second kappa shape index (κ2) is 6.09. The fourth-order valence-electron chi connectivity index (χ4n) is 2.15. The average Bonchev–Trinajstić information content (AvgIpc) is 2.80. The average molecular weight is 241 g/mol. The van der Waals surface area contributed by atoms with Crippen molar-refractivity contribution in [1.82, 2.24) is 15.5 Å². The van der Waals surface area contributed by atoms with Crippen molar-refractivity contribution in [1.29, 1.82) is 0 Å². The summed E-state index contributed by atoms with van der Waals surface area (Å²) in [5.74, 6) is 0.729. The van der Waals surface area contributed by atoms with Crippen LogP contribution < -0.4 is 5.32 Å². The number of hydrogen-bond donors (Lipinski definition) is 1. The maximum Gasteiger partial charge on any atom is 0.213 e. The van der Waals surface area contributed by atoms with E-state index in [2.05, 4.69) is 20.0 Å². The van der Waals surface area contributed by atoms with Crippen LogP contribution in [0, 0.1) is 0 Å². The summed E-state index contributed by atoms with van der Waals surface area (Å²) in [6.07, 6.45) is 3.50. The first-order valence-electron chi connectivity index (χ1n) is 5.98. The Labute approximate surface area is 101 Å². The van der Waals surface area contributed by atoms with Crippen molar-refractivity contribution >= 4 is 0 Å². The van der Waals surface area contributed by atoms with Crippen LogP contribution in [0.2, 0.25) is 0 Å². The van der Waals surface area contributed by atoms with Crippen LogP contribution in [0.25, 0.3) is 0 Å². The predicted octanol–water partition coefficient (Wildman–Crippen LogP) is 0.394. The zero-order valence-corrected chi connectivity index (χ0v) is 10.3. The molecule has 1 heterocycles. The van der Waals surface area contributed by atoms with E-state index in [9.17, 15) is 0 Å². The molecule has 3 unspecified atom stereocenters. The highest BCUT2D eigenvalue weighted by molar-refractivity contribution is 4.97. The molecule has 0 bridgehead atoms. The van der Waals surface area contributed by atoms with Crippen molar-refractivity contribution in [2.24, 2.45) is 0 Å². The van der Waals surface area contributed by atoms with E-state index < -0.39 is 0 Å². The van der Waals surface area contributed by atoms with Gasteiger partial charge in [0, 0.05) is 32.7 Å². The quantitative estimate of drug-likeness (QED) is 0.745. The number of nitrogens with one attached hydrogen (secondary N) is 1. The molecule has 1 aliphatic rings. The molecule has 1 fully saturated rings. The summed E-state index contributed by atoms with van der Waals surface area (Å²) in [4.78, 5) is 3.97. The van der Waals surface area contributed by atoms with Gasteiger partial charge in [-0.3, -0.25) is 0 Å². The van der Waals surface area contributed by atoms with Crippen LogP contribution in [0.3, 0.4) is 0 Å². The topological polar surface area (TPSA) is 69.4 Å². The van der Waals surface area contributed by atoms with Crippen LogP contribution in [0.15, 0.2) is 10.9 Å². The van der Waals surface area contributed by atoms with Gasteiger partial charge in [-0.1, -0.05) is 5.16 Å². The minimum absolute atomic E-state index is 0.153. The highest BCUT2D eigenvalue weighted by atomic mass is 16.5. The third kappa shape index (κ3) is 3.02. The zero-order valence-electron chi connectivity index (χ0n) is 10.3. The van der Waals surface area contributed by atoms with Gasteiger partial charge in [0.25, 0.3) is 0 Å². The molecule has 0 spiro atoms. The second-order valence-electron chi connectivity index (χ2n) is 4.09. The molecule has 0 aliphatic heterocycles. The molecule has 17 heavy (non-hydrogen) atoms. The lowest BCUT2D eigenvalue weighted by Gasteiger charge is -2.43. The Morgan fingerprint density at radius 3 is 3.12 bits per heavy atom. The molecule has 0 radical (unpaired) electrons. The Balaban J connectivity index is 1.66. The number of nitrogens with zero attached hydrogens (tertiary/aromatic N) is 2. The predicted molar refractivity (Wildman–Crippen MR) is 60.6 cm³/mol. The molecule has 1 saturated carbocycles. The lowest BCUT2D eigenvalue weighted by Crippen LogP contribution is -2.60. The molecule has 0 amide bonds. The molecule has 1 N–H and O–H groups in total. The smallest absolute Gasteiger partial charge is 0.213 e. The van der Waals surface area contributed by atoms with E-state index in [-0.39, 0.29) is 12.2 Å². The summed E-state index contributed by atoms with van der Waals surface area (Å²) in [7, 11) is 1.73. The van der Waals surface area contributed by atoms with Crippen LogP contribution in [-0.2, 0) is 15.9 Å². The molecule has 3 atom stereocenters. The first kappa shape index (κ1) is 12.5. The van der Waals surface area contributed by atoms with E-state index in [1.54, 1.807) is 7.11 Å². The molecule has 6 heteroatoms. The molecule has 1 aromatic rings. The number of methoxy groups -OCH3 is 1. The highest BCUT2D eigenvalue weighted by Crippen LogP contribution is 2.26. The van der Waals surface area contributed by atoms with Crippen LogP contribution in [0.1, 0.15) is 19.2 Å². The van der Waals surface area contributed by atoms with Crippen molar-refractivity contribution < 1.29 is 14.0 Å². The number of ether oxygens (including phenoxy) is 2. The first-order valence-corrected chi connectivity index (χ1v) is 5.98. The van der Waals surface area contributed by atoms with Crippen molar-refractivity contribution in [3.63, 3.8) is 0 Å². The molecule has 96 valence electrons. The van der Waals surface area contributed by atoms with Gasteiger partial charge >= 0.3 is 0 Å². The molecular weight excluding hydrogens is 222 g/mol. The molecular formula is C11H19N3O3. The largest absolute Gasteiger partial charge is 0.377 e. The Hall–Kier alpha value is -0.980. The molecule has 6 nitrogen and oxygen atoms in total. The van der Waals surface area contributed by atoms with Gasteiger partial charge in [0.05, 0.1) is 12.2 Å². The van der Waals surface area contributed by atoms with Crippen LogP contribution in [0.5, 0.6) is 0 Å². The zero-order chi connectivity index (χ0) is 12.1. The fourth-order valence-corrected chi connectivity index (χ4v) is 2.15. The molecule has 2 rings (SSSR count). The third-order valence-corrected chi connectivity index (χ3v) is 3.06. The van der Waals surface area contributed by atoms with E-state index in [0.29, 0.717) is 6.04 Å². The van der Waals surface area contributed by atoms with Gasteiger partial charge in [0.1, 0.15) is 0 Å². The summed E-state index contributed by atoms with van der Waals surface area (Å²) in [6.45, 7) is 3.56. The summed E-state index contributed by atoms with van der Waals surface area (Å²) >= 11 is 0. The van der Waals surface area contributed by atoms with Gasteiger partial charge < -0.3 is 19.3 Å². The van der Waals surface area contributed by atoms with Gasteiger partial charge in [0.2, 0.25) is 6.39 Å². The van der Waals surface area contributed by atoms with Gasteiger partial charge in [-0.15, -0.1) is 0 Å². The number of rotatable bonds is 7. The van der Waals surface area contributed by atoms with Gasteiger partial charge in [-0.2, -0.15) is 4.98 Å². The molecule has 0 aromatic carbocycles. The standard InChI is InChI=1S/C11H19N3O3/c1-3-16-9-6-8(11(9)15-2)12-5-4-10-13-7-17-14-10/h7-9,11-12H,3-6H2,1-2H3. The van der Waals surface area contributed by atoms with Gasteiger partial charge in [-0.25, -0.2) is 0 Å². The van der Waals surface area contributed by atoms with E-state index >= 15 is 0 Å². The number of aromatic nitrogens is 2. The monoisotopic (exact) mass is 241 g/mol. The Kier molecular flexibility index (Phi) is 4.47. The van der Waals surface area contributed by atoms with Crippen molar-refractivity contribution in [3.05, 3.63) is 12.2 Å². The minimum Gasteiger partial charge on any atom is -0.377 e. The van der Waals surface area contributed by atoms with Crippen molar-refractivity contribution in [3.8, 4) is 0 Å². The van der Waals surface area contributed by atoms with E-state index in [0.717, 1.165) is 31.8 Å². The highest BCUT2D eigenvalue weighted by Gasteiger charge is 2.41. The lowest BCUT2D eigenvalue weighted by atomic mass is 9.85. The van der Waals surface area contributed by atoms with Gasteiger partial charge in [-0.05, 0) is 13.3 Å². The maximum absolute atomic E-state index is 5.56. The van der Waals surface area contributed by atoms with Crippen molar-refractivity contribution in [2.75, 3.05) is 20.3 Å². The molecule has 0 saturated heterocycles. The Bertz CT molecular complexity index is 318. The van der Waals surface area contributed by atoms with Gasteiger partial charge in [0.15, 0.2) is 5.82 Å². The van der Waals surface area contributed by atoms with E-state index in [4.69, 9.17) is 9.47 Å². The first-order chi connectivity index (χ1) is 8.35. The summed E-state index contributed by atoms with van der Waals surface area (Å²) < 4.78 is 15.6. The fraction of sp³-hybridized carbons (Fsp3) is 0.818. The van der Waals surface area contributed by atoms with E-state index in [1.807, 2.05) is 6.92 Å². The molecule has 1 aliphatic carbocycles. The summed E-state index contributed by atoms with van der Waals surface area (Å²) in [5, 5.41) is 7.18. The Morgan fingerprint density at radius 1 is 1.59 bits per heavy atom. The summed E-state index contributed by atoms with van der Waals surface area (Å²) in [5.41, 5.74) is 0. The summed E-state index contributed by atoms with van der Waals surface area (Å²) in [6, 6.07) is 0.364. The van der Waals surface area contributed by atoms with Crippen LogP contribution >= 0.6 is 0 Å². The normalized spacial score (nSPS) is 28.0. The minimum atomic E-state index is 0.153. The van der Waals surface area contributed by atoms with Crippen molar-refractivity contribution in [2.45, 2.75) is 38.0 Å². The number of hydrogen-bond acceptors (Lipinski definition) is 6. The van der Waals surface area contributed by atoms with Crippen LogP contribution in [-0.4, -0.2) is 48.7 Å². The van der Waals surface area contributed by atoms with E-state index in [1.165, 1.54) is 6.39 Å².